The lowest BCUT2D eigenvalue weighted by Gasteiger charge is -2.36. The molecule has 21 heavy (non-hydrogen) atoms. The minimum atomic E-state index is -3.32. The van der Waals surface area contributed by atoms with Gasteiger partial charge >= 0.3 is 0 Å². The number of anilines is 1. The molecule has 1 aromatic rings. The average molecular weight is 330 g/mol. The molecule has 5 nitrogen and oxygen atoms in total. The molecule has 0 amide bonds. The minimum absolute atomic E-state index is 0.0719. The van der Waals surface area contributed by atoms with E-state index in [4.69, 9.17) is 10.8 Å². The highest BCUT2D eigenvalue weighted by Crippen LogP contribution is 2.28. The van der Waals surface area contributed by atoms with Gasteiger partial charge in [0.2, 0.25) is 10.0 Å². The fraction of sp³-hybridized carbons (Fsp3) is 0.571. The van der Waals surface area contributed by atoms with E-state index in [2.05, 4.69) is 0 Å². The smallest absolute Gasteiger partial charge is 0.215 e. The van der Waals surface area contributed by atoms with E-state index in [0.29, 0.717) is 11.4 Å². The molecule has 0 heterocycles. The Morgan fingerprint density at radius 3 is 2.62 bits per heavy atom. The van der Waals surface area contributed by atoms with Crippen LogP contribution in [0.4, 0.5) is 5.69 Å². The van der Waals surface area contributed by atoms with Crippen molar-refractivity contribution in [3.63, 3.8) is 0 Å². The maximum absolute atomic E-state index is 12.4. The molecule has 7 heteroatoms. The van der Waals surface area contributed by atoms with Gasteiger partial charge in [0.15, 0.2) is 0 Å². The van der Waals surface area contributed by atoms with Crippen molar-refractivity contribution in [1.82, 2.24) is 4.31 Å². The average Bonchev–Trinajstić information content (AvgIpc) is 2.38. The Bertz CT molecular complexity index is 559. The Morgan fingerprint density at radius 1 is 1.33 bits per heavy atom. The molecule has 0 atom stereocenters. The summed E-state index contributed by atoms with van der Waals surface area (Å²) in [6.07, 6.45) is 2.87. The third kappa shape index (κ3) is 4.35. The van der Waals surface area contributed by atoms with Gasteiger partial charge in [0.25, 0.3) is 0 Å². The van der Waals surface area contributed by atoms with E-state index in [9.17, 15) is 8.42 Å². The second-order valence-electron chi connectivity index (χ2n) is 5.12. The summed E-state index contributed by atoms with van der Waals surface area (Å²) in [6, 6.07) is 7.52. The number of benzene rings is 1. The number of sulfonamides is 1. The summed E-state index contributed by atoms with van der Waals surface area (Å²) in [7, 11) is -3.32. The van der Waals surface area contributed by atoms with Crippen molar-refractivity contribution in [2.24, 2.45) is 0 Å². The van der Waals surface area contributed by atoms with Crippen LogP contribution in [0.3, 0.4) is 0 Å². The molecule has 0 saturated heterocycles. The summed E-state index contributed by atoms with van der Waals surface area (Å²) in [5, 5.41) is 9.08. The van der Waals surface area contributed by atoms with Crippen molar-refractivity contribution >= 4 is 27.5 Å². The summed E-state index contributed by atoms with van der Waals surface area (Å²) < 4.78 is 26.3. The second kappa shape index (κ2) is 7.49. The van der Waals surface area contributed by atoms with Crippen LogP contribution in [0.15, 0.2) is 29.2 Å². The molecule has 0 spiro atoms. The molecule has 1 aliphatic carbocycles. The van der Waals surface area contributed by atoms with E-state index in [1.807, 2.05) is 24.3 Å². The van der Waals surface area contributed by atoms with Crippen LogP contribution in [0.2, 0.25) is 0 Å². The van der Waals surface area contributed by atoms with Gasteiger partial charge < -0.3 is 10.8 Å². The van der Waals surface area contributed by atoms with Gasteiger partial charge in [-0.25, -0.2) is 8.42 Å². The van der Waals surface area contributed by atoms with Crippen LogP contribution in [-0.4, -0.2) is 48.5 Å². The van der Waals surface area contributed by atoms with Gasteiger partial charge in [0, 0.05) is 28.9 Å². The maximum atomic E-state index is 12.4. The minimum Gasteiger partial charge on any atom is -0.398 e. The standard InChI is InChI=1S/C14H22N2O3S2/c15-13-6-1-2-7-14(13)20-10-11-21(18,19)16(8-9-17)12-4-3-5-12/h1-2,6-7,12,17H,3-5,8-11,15H2. The lowest BCUT2D eigenvalue weighted by molar-refractivity contribution is 0.178. The Hall–Kier alpha value is -0.760. The molecule has 1 fully saturated rings. The first kappa shape index (κ1) is 16.6. The van der Waals surface area contributed by atoms with Gasteiger partial charge in [-0.2, -0.15) is 4.31 Å². The van der Waals surface area contributed by atoms with Gasteiger partial charge in [-0.1, -0.05) is 18.6 Å². The summed E-state index contributed by atoms with van der Waals surface area (Å²) in [4.78, 5) is 0.907. The molecule has 1 aromatic carbocycles. The molecular weight excluding hydrogens is 308 g/mol. The molecule has 2 rings (SSSR count). The number of aliphatic hydroxyl groups excluding tert-OH is 1. The molecule has 0 aliphatic heterocycles. The van der Waals surface area contributed by atoms with Crippen LogP contribution in [0.25, 0.3) is 0 Å². The lowest BCUT2D eigenvalue weighted by Crippen LogP contribution is -2.46. The van der Waals surface area contributed by atoms with Gasteiger partial charge in [-0.3, -0.25) is 0 Å². The van der Waals surface area contributed by atoms with Gasteiger partial charge in [0.05, 0.1) is 12.4 Å². The predicted molar refractivity (Wildman–Crippen MR) is 86.8 cm³/mol. The van der Waals surface area contributed by atoms with Crippen molar-refractivity contribution in [2.75, 3.05) is 30.4 Å². The second-order valence-corrected chi connectivity index (χ2v) is 8.30. The molecule has 118 valence electrons. The third-order valence-electron chi connectivity index (χ3n) is 3.68. The number of nitrogen functional groups attached to an aromatic ring is 1. The number of nitrogens with two attached hydrogens (primary N) is 1. The third-order valence-corrected chi connectivity index (χ3v) is 6.94. The number of hydrogen-bond donors (Lipinski definition) is 2. The molecule has 1 saturated carbocycles. The Kier molecular flexibility index (Phi) is 5.92. The van der Waals surface area contributed by atoms with Crippen LogP contribution < -0.4 is 5.73 Å². The summed E-state index contributed by atoms with van der Waals surface area (Å²) >= 11 is 1.45. The number of nitrogens with zero attached hydrogens (tertiary/aromatic N) is 1. The van der Waals surface area contributed by atoms with Crippen molar-refractivity contribution in [2.45, 2.75) is 30.2 Å². The largest absolute Gasteiger partial charge is 0.398 e. The number of para-hydroxylation sites is 1. The van der Waals surface area contributed by atoms with Crippen molar-refractivity contribution in [1.29, 1.82) is 0 Å². The van der Waals surface area contributed by atoms with E-state index in [1.165, 1.54) is 16.1 Å². The number of hydrogen-bond acceptors (Lipinski definition) is 5. The summed E-state index contributed by atoms with van der Waals surface area (Å²) in [5.41, 5.74) is 6.52. The van der Waals surface area contributed by atoms with Gasteiger partial charge in [-0.05, 0) is 25.0 Å². The zero-order valence-electron chi connectivity index (χ0n) is 11.9. The van der Waals surface area contributed by atoms with E-state index in [1.54, 1.807) is 0 Å². The van der Waals surface area contributed by atoms with E-state index < -0.39 is 10.0 Å². The normalized spacial score (nSPS) is 16.1. The fourth-order valence-corrected chi connectivity index (χ4v) is 5.37. The zero-order valence-corrected chi connectivity index (χ0v) is 13.6. The van der Waals surface area contributed by atoms with Crippen molar-refractivity contribution < 1.29 is 13.5 Å². The molecule has 0 radical (unpaired) electrons. The number of rotatable bonds is 8. The lowest BCUT2D eigenvalue weighted by atomic mass is 9.93. The predicted octanol–water partition coefficient (Wildman–Crippen LogP) is 1.54. The van der Waals surface area contributed by atoms with Crippen molar-refractivity contribution in [3.05, 3.63) is 24.3 Å². The quantitative estimate of drug-likeness (QED) is 0.558. The first-order chi connectivity index (χ1) is 10.0. The highest BCUT2D eigenvalue weighted by molar-refractivity contribution is 8.00. The monoisotopic (exact) mass is 330 g/mol. The highest BCUT2D eigenvalue weighted by Gasteiger charge is 2.32. The van der Waals surface area contributed by atoms with Crippen molar-refractivity contribution in [3.8, 4) is 0 Å². The van der Waals surface area contributed by atoms with Crippen LogP contribution in [-0.2, 0) is 10.0 Å². The molecule has 0 unspecified atom stereocenters. The summed E-state index contributed by atoms with van der Waals surface area (Å²) in [5.74, 6) is 0.535. The first-order valence-corrected chi connectivity index (χ1v) is 9.72. The van der Waals surface area contributed by atoms with E-state index in [0.717, 1.165) is 24.2 Å². The summed E-state index contributed by atoms with van der Waals surface area (Å²) in [6.45, 7) is 0.0691. The Balaban J connectivity index is 1.92. The molecule has 1 aliphatic rings. The Labute approximate surface area is 130 Å². The highest BCUT2D eigenvalue weighted by atomic mass is 32.2. The van der Waals surface area contributed by atoms with Gasteiger partial charge in [0.1, 0.15) is 0 Å². The molecule has 0 aromatic heterocycles. The molecular formula is C14H22N2O3S2. The van der Waals surface area contributed by atoms with E-state index >= 15 is 0 Å². The van der Waals surface area contributed by atoms with Crippen LogP contribution in [0.5, 0.6) is 0 Å². The van der Waals surface area contributed by atoms with Crippen LogP contribution in [0.1, 0.15) is 19.3 Å². The van der Waals surface area contributed by atoms with E-state index in [-0.39, 0.29) is 24.9 Å². The maximum Gasteiger partial charge on any atom is 0.215 e. The fourth-order valence-electron chi connectivity index (χ4n) is 2.31. The number of aliphatic hydroxyl groups is 1. The Morgan fingerprint density at radius 2 is 2.05 bits per heavy atom. The van der Waals surface area contributed by atoms with Gasteiger partial charge in [-0.15, -0.1) is 11.8 Å². The SMILES string of the molecule is Nc1ccccc1SCCS(=O)(=O)N(CCO)C1CCC1. The number of thioether (sulfide) groups is 1. The van der Waals surface area contributed by atoms with Crippen LogP contribution >= 0.6 is 11.8 Å². The molecule has 0 bridgehead atoms. The topological polar surface area (TPSA) is 83.6 Å². The van der Waals surface area contributed by atoms with Crippen LogP contribution in [0, 0.1) is 0 Å². The first-order valence-electron chi connectivity index (χ1n) is 7.12. The molecule has 3 N–H and O–H groups in total. The zero-order chi connectivity index (χ0) is 15.3.